The quantitative estimate of drug-likeness (QED) is 0.544. The number of pyridine rings is 1. The molecule has 0 saturated carbocycles. The van der Waals surface area contributed by atoms with Crippen LogP contribution in [0.2, 0.25) is 0 Å². The lowest BCUT2D eigenvalue weighted by atomic mass is 9.98. The maximum absolute atomic E-state index is 13.3. The Morgan fingerprint density at radius 2 is 1.75 bits per heavy atom. The van der Waals surface area contributed by atoms with Gasteiger partial charge in [0, 0.05) is 50.7 Å². The van der Waals surface area contributed by atoms with Crippen molar-refractivity contribution in [1.29, 1.82) is 0 Å². The normalized spacial score (nSPS) is 18.8. The van der Waals surface area contributed by atoms with Crippen molar-refractivity contribution < 1.29 is 9.90 Å². The highest BCUT2D eigenvalue weighted by molar-refractivity contribution is 5.95. The minimum Gasteiger partial charge on any atom is -0.392 e. The first-order valence-corrected chi connectivity index (χ1v) is 13.3. The molecule has 190 valence electrons. The molecule has 0 fully saturated rings. The molecule has 1 N–H and O–H groups in total. The van der Waals surface area contributed by atoms with Crippen LogP contribution in [0.3, 0.4) is 0 Å². The van der Waals surface area contributed by atoms with Crippen molar-refractivity contribution in [1.82, 2.24) is 14.8 Å². The van der Waals surface area contributed by atoms with E-state index in [1.54, 1.807) is 12.4 Å². The van der Waals surface area contributed by atoms with E-state index in [-0.39, 0.29) is 5.91 Å². The number of fused-ring (bicyclic) bond motifs is 1. The molecule has 1 atom stereocenters. The second-order valence-corrected chi connectivity index (χ2v) is 9.89. The molecular formula is C31H39N3O2. The van der Waals surface area contributed by atoms with Crippen molar-refractivity contribution in [3.05, 3.63) is 94.9 Å². The van der Waals surface area contributed by atoms with Crippen molar-refractivity contribution in [2.45, 2.75) is 52.1 Å². The monoisotopic (exact) mass is 485 g/mol. The summed E-state index contributed by atoms with van der Waals surface area (Å²) in [5, 5.41) is 10.8. The van der Waals surface area contributed by atoms with Crippen LogP contribution in [0.5, 0.6) is 0 Å². The molecule has 2 aliphatic rings. The first-order chi connectivity index (χ1) is 17.5. The molecule has 4 rings (SSSR count). The number of carbonyl (C=O) groups is 1. The van der Waals surface area contributed by atoms with Gasteiger partial charge in [-0.05, 0) is 85.9 Å². The van der Waals surface area contributed by atoms with Crippen molar-refractivity contribution >= 4 is 11.5 Å². The predicted molar refractivity (Wildman–Crippen MR) is 146 cm³/mol. The Morgan fingerprint density at radius 3 is 2.42 bits per heavy atom. The highest BCUT2D eigenvalue weighted by atomic mass is 16.3. The van der Waals surface area contributed by atoms with Crippen LogP contribution in [-0.4, -0.2) is 64.6 Å². The van der Waals surface area contributed by atoms with Crippen molar-refractivity contribution in [2.24, 2.45) is 0 Å². The third-order valence-corrected chi connectivity index (χ3v) is 7.37. The molecule has 1 amide bonds. The topological polar surface area (TPSA) is 56.7 Å². The van der Waals surface area contributed by atoms with Gasteiger partial charge in [0.2, 0.25) is 5.91 Å². The summed E-state index contributed by atoms with van der Waals surface area (Å²) >= 11 is 0. The van der Waals surface area contributed by atoms with Gasteiger partial charge in [0.25, 0.3) is 0 Å². The number of hydrogen-bond donors (Lipinski definition) is 1. The summed E-state index contributed by atoms with van der Waals surface area (Å²) in [6, 6.07) is 12.7. The maximum Gasteiger partial charge on any atom is 0.249 e. The maximum atomic E-state index is 13.3. The van der Waals surface area contributed by atoms with Crippen LogP contribution in [0.25, 0.3) is 5.57 Å². The van der Waals surface area contributed by atoms with Gasteiger partial charge in [-0.3, -0.25) is 9.78 Å². The molecule has 1 aromatic heterocycles. The van der Waals surface area contributed by atoms with E-state index < -0.39 is 6.10 Å². The van der Waals surface area contributed by atoms with E-state index in [1.807, 2.05) is 37.0 Å². The molecule has 1 unspecified atom stereocenters. The highest BCUT2D eigenvalue weighted by Gasteiger charge is 2.23. The number of aliphatic hydroxyl groups excluding tert-OH is 1. The molecule has 36 heavy (non-hydrogen) atoms. The van der Waals surface area contributed by atoms with Gasteiger partial charge in [-0.25, -0.2) is 0 Å². The molecule has 0 radical (unpaired) electrons. The summed E-state index contributed by atoms with van der Waals surface area (Å²) in [6.45, 7) is 7.88. The number of nitrogens with zero attached hydrogens (tertiary/aromatic N) is 3. The van der Waals surface area contributed by atoms with Crippen molar-refractivity contribution in [2.75, 3.05) is 32.7 Å². The van der Waals surface area contributed by atoms with Crippen LogP contribution in [-0.2, 0) is 17.6 Å². The second-order valence-electron chi connectivity index (χ2n) is 9.89. The number of β-amino-alcohol motifs (C(OH)–C–C–N with tert-alkyl or cyclic N) is 1. The van der Waals surface area contributed by atoms with Gasteiger partial charge in [-0.15, -0.1) is 0 Å². The number of aliphatic hydroxyl groups is 1. The molecule has 0 aliphatic carbocycles. The van der Waals surface area contributed by atoms with E-state index in [1.165, 1.54) is 11.1 Å². The average Bonchev–Trinajstić information content (AvgIpc) is 3.18. The number of benzene rings is 1. The van der Waals surface area contributed by atoms with Gasteiger partial charge in [0.15, 0.2) is 0 Å². The largest absolute Gasteiger partial charge is 0.392 e. The number of allylic oxidation sites excluding steroid dienone is 5. The average molecular weight is 486 g/mol. The summed E-state index contributed by atoms with van der Waals surface area (Å²) < 4.78 is 0. The van der Waals surface area contributed by atoms with E-state index in [9.17, 15) is 9.90 Å². The summed E-state index contributed by atoms with van der Waals surface area (Å²) in [7, 11) is 0. The molecule has 2 aliphatic heterocycles. The van der Waals surface area contributed by atoms with Crippen LogP contribution < -0.4 is 0 Å². The number of carbonyl (C=O) groups excluding carboxylic acids is 1. The Morgan fingerprint density at radius 1 is 1.06 bits per heavy atom. The first kappa shape index (κ1) is 26.1. The van der Waals surface area contributed by atoms with Crippen LogP contribution in [0.4, 0.5) is 0 Å². The zero-order valence-electron chi connectivity index (χ0n) is 21.7. The van der Waals surface area contributed by atoms with Gasteiger partial charge < -0.3 is 14.9 Å². The van der Waals surface area contributed by atoms with Gasteiger partial charge in [-0.2, -0.15) is 0 Å². The summed E-state index contributed by atoms with van der Waals surface area (Å²) in [4.78, 5) is 21.7. The van der Waals surface area contributed by atoms with Gasteiger partial charge in [0.05, 0.1) is 6.10 Å². The molecular weight excluding hydrogens is 446 g/mol. The zero-order valence-corrected chi connectivity index (χ0v) is 21.7. The van der Waals surface area contributed by atoms with Crippen LogP contribution in [0, 0.1) is 0 Å². The lowest BCUT2D eigenvalue weighted by molar-refractivity contribution is -0.127. The first-order valence-electron chi connectivity index (χ1n) is 13.3. The summed E-state index contributed by atoms with van der Waals surface area (Å²) in [5.74, 6) is 0.0886. The predicted octanol–water partition coefficient (Wildman–Crippen LogP) is 4.83. The highest BCUT2D eigenvalue weighted by Crippen LogP contribution is 2.25. The van der Waals surface area contributed by atoms with E-state index in [4.69, 9.17) is 0 Å². The summed E-state index contributed by atoms with van der Waals surface area (Å²) in [6.07, 6.45) is 13.9. The fourth-order valence-electron chi connectivity index (χ4n) is 5.25. The van der Waals surface area contributed by atoms with Crippen LogP contribution in [0.1, 0.15) is 49.8 Å². The molecule has 0 saturated heterocycles. The van der Waals surface area contributed by atoms with Crippen LogP contribution >= 0.6 is 0 Å². The number of hydrogen-bond acceptors (Lipinski definition) is 4. The van der Waals surface area contributed by atoms with Gasteiger partial charge >= 0.3 is 0 Å². The smallest absolute Gasteiger partial charge is 0.249 e. The standard InChI is InChI=1S/C31H39N3O2/c1-3-7-29(27-11-16-32-17-12-27)22-28-10-6-18-34(31(36)24(28)2)21-15-30(35)23-33-19-13-25-8-4-5-9-26(25)14-20-33/h3-5,7-9,11-12,16-17,22,30,35H,6,10,13-15,18-21,23H2,1-2H3/b7-3-,29-22+. The van der Waals surface area contributed by atoms with E-state index >= 15 is 0 Å². The van der Waals surface area contributed by atoms with Crippen LogP contribution in [0.15, 0.2) is 78.2 Å². The van der Waals surface area contributed by atoms with E-state index in [2.05, 4.69) is 46.3 Å². The Bertz CT molecular complexity index is 1090. The molecule has 5 heteroatoms. The number of amides is 1. The molecule has 1 aromatic carbocycles. The minimum atomic E-state index is -0.432. The molecule has 5 nitrogen and oxygen atoms in total. The number of aromatic nitrogens is 1. The fourth-order valence-corrected chi connectivity index (χ4v) is 5.25. The van der Waals surface area contributed by atoms with E-state index in [0.29, 0.717) is 19.5 Å². The Kier molecular flexibility index (Phi) is 9.26. The Balaban J connectivity index is 1.35. The molecule has 0 spiro atoms. The Labute approximate surface area is 215 Å². The van der Waals surface area contributed by atoms with Crippen molar-refractivity contribution in [3.63, 3.8) is 0 Å². The molecule has 2 aromatic rings. The van der Waals surface area contributed by atoms with Gasteiger partial charge in [0.1, 0.15) is 0 Å². The lowest BCUT2D eigenvalue weighted by Gasteiger charge is -2.26. The SMILES string of the molecule is C/C=C\C(=C/C1=C(C)C(=O)N(CCC(O)CN2CCc3ccccc3CC2)CCC1)c1ccncc1. The molecule has 0 bridgehead atoms. The fraction of sp³-hybridized carbons (Fsp3) is 0.419. The van der Waals surface area contributed by atoms with Crippen molar-refractivity contribution in [3.8, 4) is 0 Å². The third-order valence-electron chi connectivity index (χ3n) is 7.37. The minimum absolute atomic E-state index is 0.0886. The molecule has 3 heterocycles. The van der Waals surface area contributed by atoms with Gasteiger partial charge in [-0.1, -0.05) is 42.5 Å². The lowest BCUT2D eigenvalue weighted by Crippen LogP contribution is -2.38. The summed E-state index contributed by atoms with van der Waals surface area (Å²) in [5.41, 5.74) is 6.94. The van der Waals surface area contributed by atoms with E-state index in [0.717, 1.165) is 67.6 Å². The number of rotatable bonds is 8. The zero-order chi connectivity index (χ0) is 25.3. The second kappa shape index (κ2) is 12.8. The third kappa shape index (κ3) is 6.80. The Hall–Kier alpha value is -3.02.